The Morgan fingerprint density at radius 2 is 2.15 bits per heavy atom. The zero-order valence-corrected chi connectivity index (χ0v) is 16.5. The lowest BCUT2D eigenvalue weighted by Gasteiger charge is -2.30. The monoisotopic (exact) mass is 388 g/mol. The Morgan fingerprint density at radius 3 is 2.89 bits per heavy atom. The highest BCUT2D eigenvalue weighted by Gasteiger charge is 2.23. The molecule has 1 aliphatic rings. The summed E-state index contributed by atoms with van der Waals surface area (Å²) >= 11 is 1.55. The van der Waals surface area contributed by atoms with Gasteiger partial charge in [0.25, 0.3) is 5.91 Å². The maximum Gasteiger partial charge on any atom is 0.342 e. The van der Waals surface area contributed by atoms with Gasteiger partial charge in [-0.15, -0.1) is 11.3 Å². The predicted molar refractivity (Wildman–Crippen MR) is 103 cm³/mol. The van der Waals surface area contributed by atoms with Crippen molar-refractivity contribution in [2.45, 2.75) is 33.3 Å². The molecular formula is C20H24N2O4S. The summed E-state index contributed by atoms with van der Waals surface area (Å²) < 4.78 is 11.0. The number of piperidine rings is 1. The van der Waals surface area contributed by atoms with Crippen LogP contribution in [0.4, 0.5) is 0 Å². The smallest absolute Gasteiger partial charge is 0.342 e. The molecule has 2 aromatic rings. The van der Waals surface area contributed by atoms with E-state index in [0.717, 1.165) is 36.6 Å². The molecule has 2 heterocycles. The Hall–Kier alpha value is -2.41. The van der Waals surface area contributed by atoms with Crippen LogP contribution >= 0.6 is 11.3 Å². The lowest BCUT2D eigenvalue weighted by molar-refractivity contribution is -0.136. The summed E-state index contributed by atoms with van der Waals surface area (Å²) in [6, 6.07) is 6.88. The number of aromatic nitrogens is 1. The zero-order chi connectivity index (χ0) is 19.2. The van der Waals surface area contributed by atoms with Crippen molar-refractivity contribution in [3.8, 4) is 5.75 Å². The third-order valence-corrected chi connectivity index (χ3v) is 5.31. The van der Waals surface area contributed by atoms with Gasteiger partial charge in [-0.3, -0.25) is 4.79 Å². The molecule has 1 amide bonds. The molecule has 1 atom stereocenters. The summed E-state index contributed by atoms with van der Waals surface area (Å²) in [5.41, 5.74) is 1.12. The zero-order valence-electron chi connectivity index (χ0n) is 15.6. The van der Waals surface area contributed by atoms with Crippen molar-refractivity contribution < 1.29 is 19.1 Å². The van der Waals surface area contributed by atoms with Crippen LogP contribution < -0.4 is 4.74 Å². The van der Waals surface area contributed by atoms with Crippen molar-refractivity contribution in [1.29, 1.82) is 0 Å². The van der Waals surface area contributed by atoms with E-state index in [1.165, 1.54) is 0 Å². The van der Waals surface area contributed by atoms with Gasteiger partial charge < -0.3 is 14.4 Å². The number of aryl methyl sites for hydroxylation is 1. The molecule has 0 unspecified atom stereocenters. The molecule has 3 rings (SSSR count). The SMILES string of the molecule is Cc1nc(COc2ccccc2C(=O)OCC(=O)N2CCC[C@H](C)C2)cs1. The number of carbonyl (C=O) groups excluding carboxylic acids is 2. The number of hydrogen-bond donors (Lipinski definition) is 0. The minimum atomic E-state index is -0.557. The third-order valence-electron chi connectivity index (χ3n) is 4.49. The van der Waals surface area contributed by atoms with Gasteiger partial charge in [0.1, 0.15) is 17.9 Å². The van der Waals surface area contributed by atoms with Crippen molar-refractivity contribution in [1.82, 2.24) is 9.88 Å². The Kier molecular flexibility index (Phi) is 6.45. The first-order valence-electron chi connectivity index (χ1n) is 9.10. The van der Waals surface area contributed by atoms with Gasteiger partial charge in [-0.25, -0.2) is 9.78 Å². The quantitative estimate of drug-likeness (QED) is 0.709. The highest BCUT2D eigenvalue weighted by atomic mass is 32.1. The lowest BCUT2D eigenvalue weighted by atomic mass is 10.0. The maximum absolute atomic E-state index is 12.4. The van der Waals surface area contributed by atoms with Crippen LogP contribution in [0.25, 0.3) is 0 Å². The molecule has 1 saturated heterocycles. The number of carbonyl (C=O) groups is 2. The van der Waals surface area contributed by atoms with E-state index in [0.29, 0.717) is 17.2 Å². The second kappa shape index (κ2) is 8.99. The van der Waals surface area contributed by atoms with Crippen molar-refractivity contribution >= 4 is 23.2 Å². The minimum absolute atomic E-state index is 0.147. The number of benzene rings is 1. The number of hydrogen-bond acceptors (Lipinski definition) is 6. The average molecular weight is 388 g/mol. The molecule has 0 saturated carbocycles. The van der Waals surface area contributed by atoms with Crippen LogP contribution in [0.2, 0.25) is 0 Å². The van der Waals surface area contributed by atoms with E-state index in [4.69, 9.17) is 9.47 Å². The molecule has 27 heavy (non-hydrogen) atoms. The average Bonchev–Trinajstić information content (AvgIpc) is 3.09. The largest absolute Gasteiger partial charge is 0.486 e. The van der Waals surface area contributed by atoms with Crippen LogP contribution in [-0.2, 0) is 16.1 Å². The molecule has 1 aromatic carbocycles. The number of esters is 1. The normalized spacial score (nSPS) is 16.8. The fourth-order valence-electron chi connectivity index (χ4n) is 3.10. The molecule has 0 radical (unpaired) electrons. The molecule has 0 bridgehead atoms. The Balaban J connectivity index is 1.57. The van der Waals surface area contributed by atoms with Crippen molar-refractivity contribution in [2.75, 3.05) is 19.7 Å². The first-order chi connectivity index (χ1) is 13.0. The van der Waals surface area contributed by atoms with Gasteiger partial charge in [0.15, 0.2) is 6.61 Å². The van der Waals surface area contributed by atoms with Gasteiger partial charge in [-0.2, -0.15) is 0 Å². The molecule has 1 aliphatic heterocycles. The molecule has 7 heteroatoms. The number of likely N-dealkylation sites (tertiary alicyclic amines) is 1. The van der Waals surface area contributed by atoms with E-state index in [2.05, 4.69) is 11.9 Å². The summed E-state index contributed by atoms with van der Waals surface area (Å²) in [7, 11) is 0. The highest BCUT2D eigenvalue weighted by Crippen LogP contribution is 2.21. The van der Waals surface area contributed by atoms with Gasteiger partial charge in [0, 0.05) is 18.5 Å². The summed E-state index contributed by atoms with van der Waals surface area (Å²) in [5.74, 6) is 0.207. The van der Waals surface area contributed by atoms with E-state index in [9.17, 15) is 9.59 Å². The number of rotatable bonds is 6. The third kappa shape index (κ3) is 5.29. The summed E-state index contributed by atoms with van der Waals surface area (Å²) in [4.78, 5) is 30.9. The van der Waals surface area contributed by atoms with E-state index in [1.54, 1.807) is 40.5 Å². The molecule has 1 aromatic heterocycles. The number of thiazole rings is 1. The number of para-hydroxylation sites is 1. The molecule has 0 aliphatic carbocycles. The van der Waals surface area contributed by atoms with E-state index in [1.807, 2.05) is 12.3 Å². The number of nitrogens with zero attached hydrogens (tertiary/aromatic N) is 2. The molecule has 144 valence electrons. The standard InChI is InChI=1S/C20H24N2O4S/c1-14-6-5-9-22(10-14)19(23)12-26-20(24)17-7-3-4-8-18(17)25-11-16-13-27-15(2)21-16/h3-4,7-8,13-14H,5-6,9-12H2,1-2H3/t14-/m0/s1. The van der Waals surface area contributed by atoms with E-state index in [-0.39, 0.29) is 19.1 Å². The van der Waals surface area contributed by atoms with Crippen molar-refractivity contribution in [2.24, 2.45) is 5.92 Å². The number of amides is 1. The predicted octanol–water partition coefficient (Wildman–Crippen LogP) is 3.45. The molecule has 0 N–H and O–H groups in total. The summed E-state index contributed by atoms with van der Waals surface area (Å²) in [6.45, 7) is 5.55. The Morgan fingerprint density at radius 1 is 1.33 bits per heavy atom. The van der Waals surface area contributed by atoms with Gasteiger partial charge in [-0.1, -0.05) is 19.1 Å². The maximum atomic E-state index is 12.4. The molecule has 0 spiro atoms. The second-order valence-corrected chi connectivity index (χ2v) is 7.87. The Bertz CT molecular complexity index is 805. The molecular weight excluding hydrogens is 364 g/mol. The second-order valence-electron chi connectivity index (χ2n) is 6.81. The van der Waals surface area contributed by atoms with E-state index >= 15 is 0 Å². The van der Waals surface area contributed by atoms with Crippen molar-refractivity contribution in [3.05, 3.63) is 45.9 Å². The van der Waals surface area contributed by atoms with Crippen LogP contribution in [0.15, 0.2) is 29.6 Å². The highest BCUT2D eigenvalue weighted by molar-refractivity contribution is 7.09. The van der Waals surface area contributed by atoms with Crippen LogP contribution in [-0.4, -0.2) is 41.5 Å². The topological polar surface area (TPSA) is 68.7 Å². The first kappa shape index (κ1) is 19.4. The lowest BCUT2D eigenvalue weighted by Crippen LogP contribution is -2.41. The van der Waals surface area contributed by atoms with Crippen molar-refractivity contribution in [3.63, 3.8) is 0 Å². The van der Waals surface area contributed by atoms with Gasteiger partial charge in [0.05, 0.1) is 10.7 Å². The van der Waals surface area contributed by atoms with Gasteiger partial charge >= 0.3 is 5.97 Å². The fraction of sp³-hybridized carbons (Fsp3) is 0.450. The minimum Gasteiger partial charge on any atom is -0.486 e. The summed E-state index contributed by atoms with van der Waals surface area (Å²) in [6.07, 6.45) is 2.13. The number of ether oxygens (including phenoxy) is 2. The first-order valence-corrected chi connectivity index (χ1v) is 9.98. The molecule has 6 nitrogen and oxygen atoms in total. The van der Waals surface area contributed by atoms with Crippen LogP contribution in [0.3, 0.4) is 0 Å². The van der Waals surface area contributed by atoms with Crippen LogP contribution in [0.5, 0.6) is 5.75 Å². The van der Waals surface area contributed by atoms with E-state index < -0.39 is 5.97 Å². The van der Waals surface area contributed by atoms with Crippen LogP contribution in [0.1, 0.15) is 40.8 Å². The fourth-order valence-corrected chi connectivity index (χ4v) is 3.70. The summed E-state index contributed by atoms with van der Waals surface area (Å²) in [5, 5.41) is 2.89. The van der Waals surface area contributed by atoms with Gasteiger partial charge in [-0.05, 0) is 37.8 Å². The Labute approximate surface area is 163 Å². The van der Waals surface area contributed by atoms with Gasteiger partial charge in [0.2, 0.25) is 0 Å². The van der Waals surface area contributed by atoms with Crippen LogP contribution in [0, 0.1) is 12.8 Å². The molecule has 1 fully saturated rings.